The summed E-state index contributed by atoms with van der Waals surface area (Å²) in [6.45, 7) is 0.809. The maximum absolute atomic E-state index is 6.01. The Bertz CT molecular complexity index is 452. The van der Waals surface area contributed by atoms with Gasteiger partial charge in [-0.1, -0.05) is 25.7 Å². The molecule has 4 rings (SSSR count). The number of oxazole rings is 1. The average Bonchev–Trinajstić information content (AvgIpc) is 3.21. The van der Waals surface area contributed by atoms with Crippen LogP contribution in [-0.4, -0.2) is 11.0 Å². The number of nitrogens with zero attached hydrogens (tertiary/aromatic N) is 1. The molecule has 3 nitrogen and oxygen atoms in total. The number of hydrogen-bond donors (Lipinski definition) is 1. The van der Waals surface area contributed by atoms with Gasteiger partial charge in [0.15, 0.2) is 0 Å². The number of nitrogens with one attached hydrogen (secondary N) is 1. The van der Waals surface area contributed by atoms with Crippen LogP contribution in [0.25, 0.3) is 0 Å². The molecule has 3 aliphatic rings. The van der Waals surface area contributed by atoms with Crippen molar-refractivity contribution in [3.8, 4) is 0 Å². The summed E-state index contributed by atoms with van der Waals surface area (Å²) in [5.74, 6) is 4.65. The summed E-state index contributed by atoms with van der Waals surface area (Å²) in [6, 6.07) is 0.725. The first-order chi connectivity index (χ1) is 9.88. The number of rotatable bonds is 4. The maximum atomic E-state index is 6.01. The van der Waals surface area contributed by atoms with E-state index in [1.165, 1.54) is 57.8 Å². The van der Waals surface area contributed by atoms with E-state index in [0.29, 0.717) is 5.92 Å². The molecule has 0 amide bonds. The summed E-state index contributed by atoms with van der Waals surface area (Å²) < 4.78 is 6.01. The Kier molecular flexibility index (Phi) is 3.55. The van der Waals surface area contributed by atoms with Crippen molar-refractivity contribution in [2.75, 3.05) is 0 Å². The highest BCUT2D eigenvalue weighted by atomic mass is 16.4. The van der Waals surface area contributed by atoms with Gasteiger partial charge in [-0.25, -0.2) is 4.98 Å². The Labute approximate surface area is 121 Å². The molecule has 0 spiro atoms. The molecule has 1 aromatic heterocycles. The molecule has 20 heavy (non-hydrogen) atoms. The van der Waals surface area contributed by atoms with Crippen LogP contribution in [0, 0.1) is 11.8 Å². The largest absolute Gasteiger partial charge is 0.444 e. The first-order valence-electron chi connectivity index (χ1n) is 8.56. The highest BCUT2D eigenvalue weighted by Gasteiger charge is 2.34. The Hall–Kier alpha value is -0.830. The molecule has 0 aliphatic heterocycles. The minimum atomic E-state index is 0.636. The van der Waals surface area contributed by atoms with Gasteiger partial charge in [-0.3, -0.25) is 0 Å². The molecule has 1 heterocycles. The van der Waals surface area contributed by atoms with Crippen LogP contribution in [-0.2, 0) is 6.54 Å². The summed E-state index contributed by atoms with van der Waals surface area (Å²) in [7, 11) is 0. The van der Waals surface area contributed by atoms with Gasteiger partial charge in [0.2, 0.25) is 5.89 Å². The third kappa shape index (κ3) is 2.78. The van der Waals surface area contributed by atoms with Crippen molar-refractivity contribution in [3.05, 3.63) is 17.8 Å². The summed E-state index contributed by atoms with van der Waals surface area (Å²) in [4.78, 5) is 4.47. The quantitative estimate of drug-likeness (QED) is 0.901. The molecule has 3 saturated carbocycles. The van der Waals surface area contributed by atoms with Crippen LogP contribution in [0.15, 0.2) is 10.6 Å². The van der Waals surface area contributed by atoms with E-state index in [0.717, 1.165) is 36.1 Å². The summed E-state index contributed by atoms with van der Waals surface area (Å²) in [6.07, 6.45) is 14.5. The number of aromatic nitrogens is 1. The van der Waals surface area contributed by atoms with Crippen LogP contribution in [0.3, 0.4) is 0 Å². The lowest BCUT2D eigenvalue weighted by Crippen LogP contribution is -2.26. The van der Waals surface area contributed by atoms with Gasteiger partial charge in [0.1, 0.15) is 5.76 Å². The normalized spacial score (nSPS) is 33.9. The van der Waals surface area contributed by atoms with Crippen LogP contribution in [0.5, 0.6) is 0 Å². The van der Waals surface area contributed by atoms with Crippen LogP contribution in [0.4, 0.5) is 0 Å². The van der Waals surface area contributed by atoms with Gasteiger partial charge < -0.3 is 9.73 Å². The fraction of sp³-hybridized carbons (Fsp3) is 0.824. The van der Waals surface area contributed by atoms with Crippen LogP contribution in [0.1, 0.15) is 75.4 Å². The van der Waals surface area contributed by atoms with E-state index in [1.807, 2.05) is 6.20 Å². The second kappa shape index (κ2) is 5.51. The fourth-order valence-electron chi connectivity index (χ4n) is 4.25. The van der Waals surface area contributed by atoms with Gasteiger partial charge in [-0.05, 0) is 43.9 Å². The molecule has 0 aromatic carbocycles. The first-order valence-corrected chi connectivity index (χ1v) is 8.56. The molecule has 3 unspecified atom stereocenters. The molecule has 0 saturated heterocycles. The van der Waals surface area contributed by atoms with E-state index in [9.17, 15) is 0 Å². The molecule has 0 bridgehead atoms. The van der Waals surface area contributed by atoms with E-state index in [4.69, 9.17) is 4.42 Å². The lowest BCUT2D eigenvalue weighted by Gasteiger charge is -2.38. The molecular formula is C17H26N2O. The number of hydrogen-bond acceptors (Lipinski definition) is 3. The predicted octanol–water partition coefficient (Wildman–Crippen LogP) is 4.00. The molecule has 3 aliphatic carbocycles. The van der Waals surface area contributed by atoms with E-state index in [2.05, 4.69) is 10.3 Å². The van der Waals surface area contributed by atoms with Crippen molar-refractivity contribution in [3.63, 3.8) is 0 Å². The Balaban J connectivity index is 1.37. The van der Waals surface area contributed by atoms with E-state index >= 15 is 0 Å². The lowest BCUT2D eigenvalue weighted by atomic mass is 9.67. The fourth-order valence-corrected chi connectivity index (χ4v) is 4.25. The van der Waals surface area contributed by atoms with Crippen LogP contribution < -0.4 is 5.32 Å². The van der Waals surface area contributed by atoms with Crippen molar-refractivity contribution in [2.45, 2.75) is 76.3 Å². The monoisotopic (exact) mass is 274 g/mol. The molecule has 0 radical (unpaired) electrons. The average molecular weight is 274 g/mol. The molecule has 3 fully saturated rings. The second-order valence-electron chi connectivity index (χ2n) is 7.13. The third-order valence-corrected chi connectivity index (χ3v) is 5.63. The molecule has 3 atom stereocenters. The second-order valence-corrected chi connectivity index (χ2v) is 7.13. The Morgan fingerprint density at radius 1 is 1.05 bits per heavy atom. The molecule has 3 heteroatoms. The summed E-state index contributed by atoms with van der Waals surface area (Å²) in [5.41, 5.74) is 0. The van der Waals surface area contributed by atoms with Gasteiger partial charge in [0, 0.05) is 12.0 Å². The molecular weight excluding hydrogens is 248 g/mol. The highest BCUT2D eigenvalue weighted by Crippen LogP contribution is 2.46. The maximum Gasteiger partial charge on any atom is 0.208 e. The minimum Gasteiger partial charge on any atom is -0.444 e. The van der Waals surface area contributed by atoms with Gasteiger partial charge in [-0.15, -0.1) is 0 Å². The van der Waals surface area contributed by atoms with Crippen molar-refractivity contribution >= 4 is 0 Å². The molecule has 1 aromatic rings. The van der Waals surface area contributed by atoms with E-state index in [-0.39, 0.29) is 0 Å². The van der Waals surface area contributed by atoms with E-state index < -0.39 is 0 Å². The third-order valence-electron chi connectivity index (χ3n) is 5.63. The van der Waals surface area contributed by atoms with Crippen molar-refractivity contribution in [1.29, 1.82) is 0 Å². The first kappa shape index (κ1) is 12.9. The summed E-state index contributed by atoms with van der Waals surface area (Å²) >= 11 is 0. The molecule has 110 valence electrons. The zero-order valence-electron chi connectivity index (χ0n) is 12.3. The number of fused-ring (bicyclic) bond motifs is 1. The SMILES string of the molecule is c1nc(CNC2CC2)oc1C1CCC2CCCCC2C1. The van der Waals surface area contributed by atoms with Gasteiger partial charge >= 0.3 is 0 Å². The predicted molar refractivity (Wildman–Crippen MR) is 78.4 cm³/mol. The zero-order chi connectivity index (χ0) is 13.4. The minimum absolute atomic E-state index is 0.636. The Morgan fingerprint density at radius 2 is 1.90 bits per heavy atom. The van der Waals surface area contributed by atoms with E-state index in [1.54, 1.807) is 0 Å². The zero-order valence-corrected chi connectivity index (χ0v) is 12.3. The summed E-state index contributed by atoms with van der Waals surface area (Å²) in [5, 5.41) is 3.48. The molecule has 1 N–H and O–H groups in total. The van der Waals surface area contributed by atoms with Crippen molar-refractivity contribution in [1.82, 2.24) is 10.3 Å². The topological polar surface area (TPSA) is 38.1 Å². The standard InChI is InChI=1S/C17H26N2O/c1-2-4-13-9-14(6-5-12(13)3-1)16-10-19-17(20-16)11-18-15-7-8-15/h10,12-15,18H,1-9,11H2. The van der Waals surface area contributed by atoms with Crippen molar-refractivity contribution in [2.24, 2.45) is 11.8 Å². The van der Waals surface area contributed by atoms with Crippen LogP contribution in [0.2, 0.25) is 0 Å². The Morgan fingerprint density at radius 3 is 2.75 bits per heavy atom. The van der Waals surface area contributed by atoms with Crippen molar-refractivity contribution < 1.29 is 4.42 Å². The van der Waals surface area contributed by atoms with Gasteiger partial charge in [0.25, 0.3) is 0 Å². The van der Waals surface area contributed by atoms with Crippen LogP contribution >= 0.6 is 0 Å². The van der Waals surface area contributed by atoms with Gasteiger partial charge in [-0.2, -0.15) is 0 Å². The lowest BCUT2D eigenvalue weighted by molar-refractivity contribution is 0.147. The van der Waals surface area contributed by atoms with Gasteiger partial charge in [0.05, 0.1) is 12.7 Å². The smallest absolute Gasteiger partial charge is 0.208 e. The highest BCUT2D eigenvalue weighted by molar-refractivity contribution is 5.05.